The molecular formula is C31H37NO2. The maximum atomic E-state index is 7.27. The third-order valence-corrected chi connectivity index (χ3v) is 7.75. The van der Waals surface area contributed by atoms with E-state index < -0.39 is 5.60 Å². The van der Waals surface area contributed by atoms with Crippen molar-refractivity contribution in [3.8, 4) is 0 Å². The molecule has 0 saturated carbocycles. The molecule has 0 radical (unpaired) electrons. The molecule has 2 aliphatic rings. The Morgan fingerprint density at radius 1 is 0.824 bits per heavy atom. The van der Waals surface area contributed by atoms with Gasteiger partial charge >= 0.3 is 0 Å². The monoisotopic (exact) mass is 455 g/mol. The molecule has 2 heterocycles. The molecule has 2 atom stereocenters. The van der Waals surface area contributed by atoms with Gasteiger partial charge in [0.15, 0.2) is 0 Å². The molecule has 5 rings (SSSR count). The fraction of sp³-hybridized carbons (Fsp3) is 0.419. The molecule has 3 aromatic rings. The molecule has 0 spiro atoms. The number of hydrogen-bond acceptors (Lipinski definition) is 3. The first-order valence-corrected chi connectivity index (χ1v) is 12.8. The Bertz CT molecular complexity index is 940. The summed E-state index contributed by atoms with van der Waals surface area (Å²) >= 11 is 0. The smallest absolute Gasteiger partial charge is 0.143 e. The van der Waals surface area contributed by atoms with Gasteiger partial charge in [0.1, 0.15) is 5.60 Å². The van der Waals surface area contributed by atoms with Crippen LogP contribution in [0.1, 0.15) is 56.2 Å². The highest BCUT2D eigenvalue weighted by Gasteiger charge is 2.51. The zero-order valence-electron chi connectivity index (χ0n) is 20.5. The van der Waals surface area contributed by atoms with E-state index in [2.05, 4.69) is 110 Å². The van der Waals surface area contributed by atoms with E-state index in [0.29, 0.717) is 12.6 Å². The van der Waals surface area contributed by atoms with Crippen LogP contribution in [0, 0.1) is 0 Å². The lowest BCUT2D eigenvalue weighted by atomic mass is 9.79. The number of ether oxygens (including phenoxy) is 2. The van der Waals surface area contributed by atoms with E-state index in [9.17, 15) is 0 Å². The first-order chi connectivity index (χ1) is 16.6. The molecule has 0 unspecified atom stereocenters. The second kappa shape index (κ2) is 10.0. The number of fused-ring (bicyclic) bond motifs is 1. The van der Waals surface area contributed by atoms with Gasteiger partial charge in [0.05, 0.1) is 19.3 Å². The quantitative estimate of drug-likeness (QED) is 0.348. The Hall–Kier alpha value is -2.46. The van der Waals surface area contributed by atoms with Crippen LogP contribution in [0.5, 0.6) is 0 Å². The molecular weight excluding hydrogens is 418 g/mol. The first kappa shape index (κ1) is 23.3. The van der Waals surface area contributed by atoms with Gasteiger partial charge in [-0.1, -0.05) is 91.0 Å². The lowest BCUT2D eigenvalue weighted by Crippen LogP contribution is -2.49. The summed E-state index contributed by atoms with van der Waals surface area (Å²) in [6, 6.07) is 32.7. The minimum Gasteiger partial charge on any atom is -0.377 e. The van der Waals surface area contributed by atoms with Gasteiger partial charge in [0, 0.05) is 11.6 Å². The van der Waals surface area contributed by atoms with Gasteiger partial charge in [-0.05, 0) is 62.8 Å². The number of benzene rings is 3. The molecule has 0 bridgehead atoms. The van der Waals surface area contributed by atoms with E-state index in [-0.39, 0.29) is 11.6 Å². The van der Waals surface area contributed by atoms with Crippen LogP contribution in [-0.2, 0) is 15.1 Å². The standard InChI is InChI=1S/C31H37NO2/c1-25(2)33-23-29-19-21-30(20-12-22-32(29)30)24-34-31(26-13-6-3-7-14-26,27-15-8-4-9-16-27)28-17-10-5-11-18-28/h3-11,13-18,25,29H,12,19-24H2,1-2H3/t29-,30-/m0/s1. The van der Waals surface area contributed by atoms with Crippen LogP contribution >= 0.6 is 0 Å². The summed E-state index contributed by atoms with van der Waals surface area (Å²) in [6.07, 6.45) is 5.06. The van der Waals surface area contributed by atoms with Gasteiger partial charge in [-0.3, -0.25) is 4.90 Å². The van der Waals surface area contributed by atoms with Crippen LogP contribution in [-0.4, -0.2) is 42.3 Å². The lowest BCUT2D eigenvalue weighted by molar-refractivity contribution is -0.0542. The minimum atomic E-state index is -0.653. The van der Waals surface area contributed by atoms with Crippen molar-refractivity contribution >= 4 is 0 Å². The topological polar surface area (TPSA) is 21.7 Å². The van der Waals surface area contributed by atoms with Gasteiger partial charge in [-0.2, -0.15) is 0 Å². The molecule has 34 heavy (non-hydrogen) atoms. The van der Waals surface area contributed by atoms with Crippen molar-refractivity contribution < 1.29 is 9.47 Å². The van der Waals surface area contributed by atoms with Crippen molar-refractivity contribution in [3.05, 3.63) is 108 Å². The fourth-order valence-corrected chi connectivity index (χ4v) is 6.10. The number of nitrogens with zero attached hydrogens (tertiary/aromatic N) is 1. The highest BCUT2D eigenvalue weighted by molar-refractivity contribution is 5.47. The summed E-state index contributed by atoms with van der Waals surface area (Å²) in [4.78, 5) is 2.71. The van der Waals surface area contributed by atoms with Crippen LogP contribution in [0.3, 0.4) is 0 Å². The van der Waals surface area contributed by atoms with E-state index in [1.807, 2.05) is 0 Å². The molecule has 2 aliphatic heterocycles. The maximum absolute atomic E-state index is 7.27. The second-order valence-electron chi connectivity index (χ2n) is 10.2. The highest BCUT2D eigenvalue weighted by atomic mass is 16.5. The normalized spacial score (nSPS) is 22.9. The first-order valence-electron chi connectivity index (χ1n) is 12.8. The van der Waals surface area contributed by atoms with E-state index in [1.165, 1.54) is 42.4 Å². The lowest BCUT2D eigenvalue weighted by Gasteiger charge is -2.41. The Kier molecular flexibility index (Phi) is 6.87. The van der Waals surface area contributed by atoms with Crippen LogP contribution in [0.2, 0.25) is 0 Å². The van der Waals surface area contributed by atoms with Gasteiger partial charge in [0.2, 0.25) is 0 Å². The molecule has 0 aliphatic carbocycles. The minimum absolute atomic E-state index is 0.0919. The van der Waals surface area contributed by atoms with Crippen LogP contribution in [0.4, 0.5) is 0 Å². The third-order valence-electron chi connectivity index (χ3n) is 7.75. The average Bonchev–Trinajstić information content (AvgIpc) is 3.44. The van der Waals surface area contributed by atoms with Gasteiger partial charge in [0.25, 0.3) is 0 Å². The molecule has 0 amide bonds. The molecule has 178 valence electrons. The average molecular weight is 456 g/mol. The summed E-state index contributed by atoms with van der Waals surface area (Å²) in [5, 5.41) is 0. The molecule has 2 saturated heterocycles. The van der Waals surface area contributed by atoms with Crippen molar-refractivity contribution in [3.63, 3.8) is 0 Å². The summed E-state index contributed by atoms with van der Waals surface area (Å²) in [6.45, 7) is 6.93. The van der Waals surface area contributed by atoms with Gasteiger partial charge < -0.3 is 9.47 Å². The molecule has 0 N–H and O–H groups in total. The Labute approximate surface area is 204 Å². The molecule has 0 aromatic heterocycles. The molecule has 3 aromatic carbocycles. The van der Waals surface area contributed by atoms with Crippen molar-refractivity contribution in [1.82, 2.24) is 4.90 Å². The summed E-state index contributed by atoms with van der Waals surface area (Å²) in [7, 11) is 0. The van der Waals surface area contributed by atoms with Gasteiger partial charge in [-0.25, -0.2) is 0 Å². The summed E-state index contributed by atoms with van der Waals surface area (Å²) in [5.74, 6) is 0. The Balaban J connectivity index is 1.52. The van der Waals surface area contributed by atoms with Crippen LogP contribution in [0.25, 0.3) is 0 Å². The SMILES string of the molecule is CC(C)OC[C@@H]1CC[C@]2(COC(c3ccccc3)(c3ccccc3)c3ccccc3)CCCN12. The largest absolute Gasteiger partial charge is 0.377 e. The highest BCUT2D eigenvalue weighted by Crippen LogP contribution is 2.46. The molecule has 2 fully saturated rings. The summed E-state index contributed by atoms with van der Waals surface area (Å²) in [5.41, 5.74) is 2.96. The van der Waals surface area contributed by atoms with E-state index in [1.54, 1.807) is 0 Å². The van der Waals surface area contributed by atoms with E-state index in [4.69, 9.17) is 9.47 Å². The number of rotatable bonds is 9. The third kappa shape index (κ3) is 4.33. The number of hydrogen-bond donors (Lipinski definition) is 0. The zero-order valence-corrected chi connectivity index (χ0v) is 20.5. The predicted octanol–water partition coefficient (Wildman–Crippen LogP) is 6.42. The van der Waals surface area contributed by atoms with Crippen molar-refractivity contribution in [2.75, 3.05) is 19.8 Å². The van der Waals surface area contributed by atoms with Crippen LogP contribution in [0.15, 0.2) is 91.0 Å². The Morgan fingerprint density at radius 2 is 1.35 bits per heavy atom. The van der Waals surface area contributed by atoms with Crippen LogP contribution < -0.4 is 0 Å². The summed E-state index contributed by atoms with van der Waals surface area (Å²) < 4.78 is 13.3. The molecule has 3 nitrogen and oxygen atoms in total. The van der Waals surface area contributed by atoms with Crippen molar-refractivity contribution in [2.45, 2.75) is 62.8 Å². The van der Waals surface area contributed by atoms with Crippen molar-refractivity contribution in [1.29, 1.82) is 0 Å². The maximum Gasteiger partial charge on any atom is 0.143 e. The fourth-order valence-electron chi connectivity index (χ4n) is 6.10. The predicted molar refractivity (Wildman–Crippen MR) is 138 cm³/mol. The van der Waals surface area contributed by atoms with Crippen molar-refractivity contribution in [2.24, 2.45) is 0 Å². The molecule has 3 heteroatoms. The second-order valence-corrected chi connectivity index (χ2v) is 10.2. The van der Waals surface area contributed by atoms with E-state index >= 15 is 0 Å². The van der Waals surface area contributed by atoms with E-state index in [0.717, 1.165) is 13.2 Å². The zero-order chi connectivity index (χ0) is 23.4. The van der Waals surface area contributed by atoms with Gasteiger partial charge in [-0.15, -0.1) is 0 Å². The Morgan fingerprint density at radius 3 is 1.85 bits per heavy atom.